The average molecular weight is 274 g/mol. The molecule has 98 valence electrons. The van der Waals surface area contributed by atoms with Crippen molar-refractivity contribution in [1.82, 2.24) is 5.32 Å². The lowest BCUT2D eigenvalue weighted by Gasteiger charge is -2.14. The molecule has 1 amide bonds. The molecular weight excluding hydrogens is 258 g/mol. The van der Waals surface area contributed by atoms with Gasteiger partial charge in [-0.15, -0.1) is 0 Å². The van der Waals surface area contributed by atoms with Crippen LogP contribution in [-0.2, 0) is 0 Å². The predicted octanol–water partition coefficient (Wildman–Crippen LogP) is 4.14. The van der Waals surface area contributed by atoms with E-state index in [1.807, 2.05) is 38.1 Å². The van der Waals surface area contributed by atoms with Crippen LogP contribution in [0.25, 0.3) is 0 Å². The summed E-state index contributed by atoms with van der Waals surface area (Å²) in [6.45, 7) is 4.01. The molecule has 19 heavy (non-hydrogen) atoms. The average Bonchev–Trinajstić information content (AvgIpc) is 2.39. The zero-order chi connectivity index (χ0) is 13.8. The molecule has 2 aromatic rings. The minimum atomic E-state index is -0.115. The number of halogens is 1. The Morgan fingerprint density at radius 2 is 1.84 bits per heavy atom. The van der Waals surface area contributed by atoms with Crippen LogP contribution in [0.1, 0.15) is 34.5 Å². The van der Waals surface area contributed by atoms with Crippen LogP contribution >= 0.6 is 11.6 Å². The Morgan fingerprint density at radius 1 is 1.16 bits per heavy atom. The molecule has 2 aromatic carbocycles. The number of carbonyl (C=O) groups excluding carboxylic acids is 1. The summed E-state index contributed by atoms with van der Waals surface area (Å²) in [5.41, 5.74) is 2.87. The third-order valence-electron chi connectivity index (χ3n) is 3.01. The summed E-state index contributed by atoms with van der Waals surface area (Å²) in [5.74, 6) is -0.115. The molecule has 0 saturated heterocycles. The predicted molar refractivity (Wildman–Crippen MR) is 78.5 cm³/mol. The van der Waals surface area contributed by atoms with E-state index in [-0.39, 0.29) is 11.9 Å². The fraction of sp³-hybridized carbons (Fsp3) is 0.188. The highest BCUT2D eigenvalue weighted by Crippen LogP contribution is 2.15. The van der Waals surface area contributed by atoms with Crippen molar-refractivity contribution < 1.29 is 4.79 Å². The summed E-state index contributed by atoms with van der Waals surface area (Å²) in [4.78, 5) is 12.1. The van der Waals surface area contributed by atoms with Crippen LogP contribution in [0.4, 0.5) is 0 Å². The third kappa shape index (κ3) is 3.58. The van der Waals surface area contributed by atoms with Gasteiger partial charge in [0.15, 0.2) is 0 Å². The smallest absolute Gasteiger partial charge is 0.251 e. The molecule has 0 bridgehead atoms. The van der Waals surface area contributed by atoms with Crippen molar-refractivity contribution in [3.63, 3.8) is 0 Å². The number of aryl methyl sites for hydroxylation is 1. The van der Waals surface area contributed by atoms with Crippen LogP contribution in [0.3, 0.4) is 0 Å². The normalized spacial score (nSPS) is 11.9. The lowest BCUT2D eigenvalue weighted by atomic mass is 10.1. The Labute approximate surface area is 118 Å². The molecule has 1 unspecified atom stereocenters. The number of benzene rings is 2. The second-order valence-corrected chi connectivity index (χ2v) is 5.05. The second kappa shape index (κ2) is 5.89. The van der Waals surface area contributed by atoms with E-state index < -0.39 is 0 Å². The highest BCUT2D eigenvalue weighted by Gasteiger charge is 2.11. The minimum Gasteiger partial charge on any atom is -0.346 e. The maximum absolute atomic E-state index is 12.1. The van der Waals surface area contributed by atoms with Crippen LogP contribution in [-0.4, -0.2) is 5.91 Å². The van der Waals surface area contributed by atoms with Crippen molar-refractivity contribution in [2.45, 2.75) is 19.9 Å². The molecular formula is C16H16ClNO. The van der Waals surface area contributed by atoms with Crippen molar-refractivity contribution in [2.24, 2.45) is 0 Å². The van der Waals surface area contributed by atoms with Crippen molar-refractivity contribution in [1.29, 1.82) is 0 Å². The van der Waals surface area contributed by atoms with Gasteiger partial charge in [0.1, 0.15) is 0 Å². The number of amides is 1. The summed E-state index contributed by atoms with van der Waals surface area (Å²) in [5, 5.41) is 3.53. The van der Waals surface area contributed by atoms with Gasteiger partial charge < -0.3 is 5.32 Å². The third-order valence-corrected chi connectivity index (χ3v) is 3.25. The van der Waals surface area contributed by atoms with Crippen molar-refractivity contribution in [2.75, 3.05) is 0 Å². The highest BCUT2D eigenvalue weighted by molar-refractivity contribution is 6.30. The van der Waals surface area contributed by atoms with Crippen LogP contribution < -0.4 is 5.32 Å². The van der Waals surface area contributed by atoms with Gasteiger partial charge >= 0.3 is 0 Å². The summed E-state index contributed by atoms with van der Waals surface area (Å²) in [7, 11) is 0. The van der Waals surface area contributed by atoms with Crippen LogP contribution in [0.2, 0.25) is 5.02 Å². The Balaban J connectivity index is 2.08. The molecule has 2 nitrogen and oxygen atoms in total. The van der Waals surface area contributed by atoms with E-state index in [1.54, 1.807) is 24.3 Å². The second-order valence-electron chi connectivity index (χ2n) is 4.62. The van der Waals surface area contributed by atoms with Gasteiger partial charge in [0.2, 0.25) is 0 Å². The molecule has 0 aliphatic heterocycles. The van der Waals surface area contributed by atoms with Gasteiger partial charge in [0, 0.05) is 10.6 Å². The fourth-order valence-corrected chi connectivity index (χ4v) is 2.04. The first-order chi connectivity index (χ1) is 9.06. The quantitative estimate of drug-likeness (QED) is 0.895. The van der Waals surface area contributed by atoms with Gasteiger partial charge in [-0.05, 0) is 37.6 Å². The van der Waals surface area contributed by atoms with E-state index in [0.29, 0.717) is 10.6 Å². The lowest BCUT2D eigenvalue weighted by molar-refractivity contribution is 0.0940. The molecule has 0 saturated carbocycles. The number of nitrogens with one attached hydrogen (secondary N) is 1. The van der Waals surface area contributed by atoms with E-state index >= 15 is 0 Å². The standard InChI is InChI=1S/C16H16ClNO/c1-11-6-8-13(9-7-11)12(2)18-16(19)14-4-3-5-15(17)10-14/h3-10,12H,1-2H3,(H,18,19). The Kier molecular flexibility index (Phi) is 4.23. The molecule has 3 heteroatoms. The molecule has 0 aliphatic carbocycles. The van der Waals surface area contributed by atoms with E-state index in [4.69, 9.17) is 11.6 Å². The van der Waals surface area contributed by atoms with Gasteiger partial charge in [0.25, 0.3) is 5.91 Å². The van der Waals surface area contributed by atoms with Crippen LogP contribution in [0.5, 0.6) is 0 Å². The Hall–Kier alpha value is -1.80. The summed E-state index contributed by atoms with van der Waals surface area (Å²) in [6.07, 6.45) is 0. The first-order valence-corrected chi connectivity index (χ1v) is 6.57. The minimum absolute atomic E-state index is 0.0351. The SMILES string of the molecule is Cc1ccc(C(C)NC(=O)c2cccc(Cl)c2)cc1. The van der Waals surface area contributed by atoms with Crippen molar-refractivity contribution >= 4 is 17.5 Å². The fourth-order valence-electron chi connectivity index (χ4n) is 1.85. The molecule has 0 radical (unpaired) electrons. The number of carbonyl (C=O) groups is 1. The summed E-state index contributed by atoms with van der Waals surface area (Å²) < 4.78 is 0. The van der Waals surface area contributed by atoms with E-state index in [1.165, 1.54) is 5.56 Å². The van der Waals surface area contributed by atoms with Crippen LogP contribution in [0, 0.1) is 6.92 Å². The monoisotopic (exact) mass is 273 g/mol. The molecule has 0 fully saturated rings. The van der Waals surface area contributed by atoms with Crippen LogP contribution in [0.15, 0.2) is 48.5 Å². The highest BCUT2D eigenvalue weighted by atomic mass is 35.5. The Bertz CT molecular complexity index is 578. The van der Waals surface area contributed by atoms with Gasteiger partial charge in [-0.3, -0.25) is 4.79 Å². The van der Waals surface area contributed by atoms with E-state index in [9.17, 15) is 4.79 Å². The Morgan fingerprint density at radius 3 is 2.47 bits per heavy atom. The first-order valence-electron chi connectivity index (χ1n) is 6.19. The van der Waals surface area contributed by atoms with Crippen molar-refractivity contribution in [3.8, 4) is 0 Å². The number of hydrogen-bond donors (Lipinski definition) is 1. The molecule has 0 aliphatic rings. The van der Waals surface area contributed by atoms with Crippen molar-refractivity contribution in [3.05, 3.63) is 70.2 Å². The van der Waals surface area contributed by atoms with Gasteiger partial charge in [-0.1, -0.05) is 47.5 Å². The van der Waals surface area contributed by atoms with Gasteiger partial charge in [0.05, 0.1) is 6.04 Å². The zero-order valence-corrected chi connectivity index (χ0v) is 11.7. The number of rotatable bonds is 3. The molecule has 0 spiro atoms. The zero-order valence-electron chi connectivity index (χ0n) is 11.0. The lowest BCUT2D eigenvalue weighted by Crippen LogP contribution is -2.26. The maximum Gasteiger partial charge on any atom is 0.251 e. The first kappa shape index (κ1) is 13.6. The molecule has 1 atom stereocenters. The number of hydrogen-bond acceptors (Lipinski definition) is 1. The van der Waals surface area contributed by atoms with E-state index in [0.717, 1.165) is 5.56 Å². The molecule has 2 rings (SSSR count). The molecule has 1 N–H and O–H groups in total. The van der Waals surface area contributed by atoms with Gasteiger partial charge in [-0.25, -0.2) is 0 Å². The summed E-state index contributed by atoms with van der Waals surface area (Å²) >= 11 is 5.88. The summed E-state index contributed by atoms with van der Waals surface area (Å²) in [6, 6.07) is 15.0. The maximum atomic E-state index is 12.1. The largest absolute Gasteiger partial charge is 0.346 e. The van der Waals surface area contributed by atoms with E-state index in [2.05, 4.69) is 5.32 Å². The topological polar surface area (TPSA) is 29.1 Å². The van der Waals surface area contributed by atoms with Gasteiger partial charge in [-0.2, -0.15) is 0 Å². The molecule has 0 heterocycles. The molecule has 0 aromatic heterocycles.